The lowest BCUT2D eigenvalue weighted by atomic mass is 10.0. The Balaban J connectivity index is 1.77. The van der Waals surface area contributed by atoms with Crippen LogP contribution in [0.3, 0.4) is 0 Å². The third-order valence-electron chi connectivity index (χ3n) is 3.60. The van der Waals surface area contributed by atoms with Crippen LogP contribution < -0.4 is 9.47 Å². The third kappa shape index (κ3) is 2.81. The van der Waals surface area contributed by atoms with E-state index >= 15 is 0 Å². The number of allylic oxidation sites excluding steroid dienone is 1. The first-order valence-electron chi connectivity index (χ1n) is 7.02. The summed E-state index contributed by atoms with van der Waals surface area (Å²) < 4.78 is 10.4. The second kappa shape index (κ2) is 5.93. The highest BCUT2D eigenvalue weighted by Gasteiger charge is 2.13. The number of ketones is 1. The summed E-state index contributed by atoms with van der Waals surface area (Å²) in [7, 11) is 1.49. The molecule has 0 aliphatic carbocycles. The van der Waals surface area contributed by atoms with Crippen LogP contribution >= 0.6 is 0 Å². The van der Waals surface area contributed by atoms with Crippen LogP contribution in [0.15, 0.2) is 42.5 Å². The molecule has 2 aromatic carbocycles. The molecule has 0 spiro atoms. The van der Waals surface area contributed by atoms with Gasteiger partial charge in [0.25, 0.3) is 0 Å². The van der Waals surface area contributed by atoms with Crippen LogP contribution in [0.5, 0.6) is 17.2 Å². The number of phenols is 1. The van der Waals surface area contributed by atoms with Crippen molar-refractivity contribution in [3.63, 3.8) is 0 Å². The summed E-state index contributed by atoms with van der Waals surface area (Å²) in [6.45, 7) is 0.675. The lowest BCUT2D eigenvalue weighted by Gasteiger charge is -2.03. The molecule has 1 N–H and O–H groups in total. The minimum absolute atomic E-state index is 0.0479. The normalized spacial score (nSPS) is 13.0. The first kappa shape index (κ1) is 14.2. The van der Waals surface area contributed by atoms with E-state index in [2.05, 4.69) is 0 Å². The molecule has 0 saturated heterocycles. The standard InChI is InChI=1S/C18H16O4/c1-21-18-6-3-12(10-16(18)20)2-5-15(19)13-4-7-17-14(11-13)8-9-22-17/h2-7,10-11,20H,8-9H2,1H3. The highest BCUT2D eigenvalue weighted by molar-refractivity contribution is 6.07. The Hall–Kier alpha value is -2.75. The maximum atomic E-state index is 12.2. The number of hydrogen-bond acceptors (Lipinski definition) is 4. The molecule has 0 saturated carbocycles. The molecule has 1 heterocycles. The molecule has 3 rings (SSSR count). The highest BCUT2D eigenvalue weighted by Crippen LogP contribution is 2.28. The first-order valence-corrected chi connectivity index (χ1v) is 7.02. The summed E-state index contributed by atoms with van der Waals surface area (Å²) >= 11 is 0. The van der Waals surface area contributed by atoms with Crippen molar-refractivity contribution in [1.29, 1.82) is 0 Å². The van der Waals surface area contributed by atoms with Gasteiger partial charge in [-0.1, -0.05) is 12.1 Å². The summed E-state index contributed by atoms with van der Waals surface area (Å²) in [5, 5.41) is 9.72. The van der Waals surface area contributed by atoms with Gasteiger partial charge in [0.15, 0.2) is 17.3 Å². The largest absolute Gasteiger partial charge is 0.504 e. The van der Waals surface area contributed by atoms with Gasteiger partial charge in [-0.15, -0.1) is 0 Å². The van der Waals surface area contributed by atoms with Crippen molar-refractivity contribution in [1.82, 2.24) is 0 Å². The molecule has 22 heavy (non-hydrogen) atoms. The molecule has 0 unspecified atom stereocenters. The summed E-state index contributed by atoms with van der Waals surface area (Å²) in [5.41, 5.74) is 2.44. The maximum absolute atomic E-state index is 12.2. The summed E-state index contributed by atoms with van der Waals surface area (Å²) in [4.78, 5) is 12.2. The SMILES string of the molecule is COc1ccc(C=CC(=O)c2ccc3c(c2)CCO3)cc1O. The Bertz CT molecular complexity index is 747. The van der Waals surface area contributed by atoms with Crippen molar-refractivity contribution in [3.05, 3.63) is 59.2 Å². The number of fused-ring (bicyclic) bond motifs is 1. The molecular weight excluding hydrogens is 280 g/mol. The molecule has 0 atom stereocenters. The van der Waals surface area contributed by atoms with Gasteiger partial charge >= 0.3 is 0 Å². The van der Waals surface area contributed by atoms with E-state index in [1.807, 2.05) is 12.1 Å². The van der Waals surface area contributed by atoms with E-state index in [1.54, 1.807) is 30.3 Å². The van der Waals surface area contributed by atoms with Crippen LogP contribution in [0, 0.1) is 0 Å². The molecular formula is C18H16O4. The number of carbonyl (C=O) groups excluding carboxylic acids is 1. The average Bonchev–Trinajstić information content (AvgIpc) is 3.00. The molecule has 112 valence electrons. The van der Waals surface area contributed by atoms with Gasteiger partial charge in [0.05, 0.1) is 13.7 Å². The van der Waals surface area contributed by atoms with Crippen LogP contribution in [0.2, 0.25) is 0 Å². The fourth-order valence-electron chi connectivity index (χ4n) is 2.42. The molecule has 0 radical (unpaired) electrons. The van der Waals surface area contributed by atoms with Crippen LogP contribution in [0.1, 0.15) is 21.5 Å². The number of methoxy groups -OCH3 is 1. The van der Waals surface area contributed by atoms with Gasteiger partial charge in [0.1, 0.15) is 5.75 Å². The number of rotatable bonds is 4. The Morgan fingerprint density at radius 1 is 1.27 bits per heavy atom. The molecule has 0 fully saturated rings. The number of benzene rings is 2. The van der Waals surface area contributed by atoms with Gasteiger partial charge in [-0.25, -0.2) is 0 Å². The van der Waals surface area contributed by atoms with E-state index in [9.17, 15) is 9.90 Å². The zero-order valence-corrected chi connectivity index (χ0v) is 12.2. The Labute approximate surface area is 128 Å². The molecule has 0 bridgehead atoms. The first-order chi connectivity index (χ1) is 10.7. The molecule has 1 aliphatic heterocycles. The Morgan fingerprint density at radius 2 is 2.14 bits per heavy atom. The van der Waals surface area contributed by atoms with Gasteiger partial charge < -0.3 is 14.6 Å². The van der Waals surface area contributed by atoms with Crippen LogP contribution in [-0.2, 0) is 6.42 Å². The predicted molar refractivity (Wildman–Crippen MR) is 83.7 cm³/mol. The lowest BCUT2D eigenvalue weighted by molar-refractivity contribution is 0.104. The van der Waals surface area contributed by atoms with Crippen LogP contribution in [0.25, 0.3) is 6.08 Å². The number of carbonyl (C=O) groups is 1. The number of phenolic OH excluding ortho intramolecular Hbond substituents is 1. The van der Waals surface area contributed by atoms with Crippen molar-refractivity contribution < 1.29 is 19.4 Å². The summed E-state index contributed by atoms with van der Waals surface area (Å²) in [6.07, 6.45) is 4.01. The van der Waals surface area contributed by atoms with Crippen LogP contribution in [0.4, 0.5) is 0 Å². The van der Waals surface area contributed by atoms with E-state index in [-0.39, 0.29) is 11.5 Å². The number of hydrogen-bond donors (Lipinski definition) is 1. The van der Waals surface area contributed by atoms with E-state index in [1.165, 1.54) is 13.2 Å². The molecule has 0 amide bonds. The Kier molecular flexibility index (Phi) is 3.83. The van der Waals surface area contributed by atoms with Crippen molar-refractivity contribution in [3.8, 4) is 17.2 Å². The smallest absolute Gasteiger partial charge is 0.185 e. The van der Waals surface area contributed by atoms with E-state index in [0.29, 0.717) is 17.9 Å². The van der Waals surface area contributed by atoms with Gasteiger partial charge in [0.2, 0.25) is 0 Å². The number of ether oxygens (including phenoxy) is 2. The topological polar surface area (TPSA) is 55.8 Å². The molecule has 2 aromatic rings. The van der Waals surface area contributed by atoms with Crippen molar-refractivity contribution in [2.75, 3.05) is 13.7 Å². The minimum atomic E-state index is -0.0787. The fourth-order valence-corrected chi connectivity index (χ4v) is 2.42. The molecule has 4 nitrogen and oxygen atoms in total. The summed E-state index contributed by atoms with van der Waals surface area (Å²) in [6, 6.07) is 10.5. The lowest BCUT2D eigenvalue weighted by Crippen LogP contribution is -1.95. The molecule has 1 aliphatic rings. The number of aromatic hydroxyl groups is 1. The van der Waals surface area contributed by atoms with E-state index in [4.69, 9.17) is 9.47 Å². The highest BCUT2D eigenvalue weighted by atomic mass is 16.5. The minimum Gasteiger partial charge on any atom is -0.504 e. The molecule has 4 heteroatoms. The monoisotopic (exact) mass is 296 g/mol. The fraction of sp³-hybridized carbons (Fsp3) is 0.167. The van der Waals surface area contributed by atoms with E-state index in [0.717, 1.165) is 23.3 Å². The molecule has 0 aromatic heterocycles. The van der Waals surface area contributed by atoms with Crippen molar-refractivity contribution in [2.45, 2.75) is 6.42 Å². The van der Waals surface area contributed by atoms with E-state index < -0.39 is 0 Å². The quantitative estimate of drug-likeness (QED) is 0.695. The second-order valence-corrected chi connectivity index (χ2v) is 5.05. The van der Waals surface area contributed by atoms with Crippen LogP contribution in [-0.4, -0.2) is 24.6 Å². The summed E-state index contributed by atoms with van der Waals surface area (Å²) in [5.74, 6) is 1.24. The average molecular weight is 296 g/mol. The van der Waals surface area contributed by atoms with Gasteiger partial charge in [-0.3, -0.25) is 4.79 Å². The Morgan fingerprint density at radius 3 is 2.91 bits per heavy atom. The van der Waals surface area contributed by atoms with Gasteiger partial charge in [-0.2, -0.15) is 0 Å². The zero-order chi connectivity index (χ0) is 15.5. The second-order valence-electron chi connectivity index (χ2n) is 5.05. The maximum Gasteiger partial charge on any atom is 0.185 e. The predicted octanol–water partition coefficient (Wildman–Crippen LogP) is 3.23. The van der Waals surface area contributed by atoms with Gasteiger partial charge in [0, 0.05) is 12.0 Å². The van der Waals surface area contributed by atoms with Crippen molar-refractivity contribution >= 4 is 11.9 Å². The van der Waals surface area contributed by atoms with Crippen molar-refractivity contribution in [2.24, 2.45) is 0 Å². The third-order valence-corrected chi connectivity index (χ3v) is 3.60. The zero-order valence-electron chi connectivity index (χ0n) is 12.2. The van der Waals surface area contributed by atoms with Gasteiger partial charge in [-0.05, 0) is 47.5 Å².